The zero-order valence-corrected chi connectivity index (χ0v) is 18.5. The van der Waals surface area contributed by atoms with Crippen molar-refractivity contribution in [3.8, 4) is 0 Å². The monoisotopic (exact) mass is 453 g/mol. The Kier molecular flexibility index (Phi) is 8.56. The van der Waals surface area contributed by atoms with Gasteiger partial charge in [-0.1, -0.05) is 12.8 Å². The summed E-state index contributed by atoms with van der Waals surface area (Å²) in [7, 11) is 0. The van der Waals surface area contributed by atoms with Gasteiger partial charge in [0.2, 0.25) is 11.8 Å². The Morgan fingerprint density at radius 1 is 1.16 bits per heavy atom. The maximum Gasteiger partial charge on any atom is 0.240 e. The second kappa shape index (κ2) is 11.2. The molecule has 0 aromatic heterocycles. The number of ether oxygens (including phenoxy) is 1. The van der Waals surface area contributed by atoms with E-state index in [9.17, 15) is 23.5 Å². The van der Waals surface area contributed by atoms with Crippen molar-refractivity contribution in [2.45, 2.75) is 75.6 Å². The Bertz CT molecular complexity index is 775. The van der Waals surface area contributed by atoms with Gasteiger partial charge in [0, 0.05) is 38.8 Å². The van der Waals surface area contributed by atoms with E-state index in [1.807, 2.05) is 0 Å². The average Bonchev–Trinajstić information content (AvgIpc) is 3.24. The number of hydrogen-bond donors (Lipinski definition) is 4. The number of hydrogen-bond acceptors (Lipinski definition) is 5. The van der Waals surface area contributed by atoms with Gasteiger partial charge in [-0.3, -0.25) is 9.59 Å². The van der Waals surface area contributed by atoms with Gasteiger partial charge in [0.1, 0.15) is 17.2 Å². The number of nitrogens with one attached hydrogen (secondary N) is 3. The SMILES string of the molecule is CC(=O)N[C@@H](Cc1cc(F)cc(F)c1)[C@H](O)CNC1(C(=O)NC2CCCC2)CCOCC1. The van der Waals surface area contributed by atoms with Crippen LogP contribution in [0.1, 0.15) is 51.0 Å². The second-order valence-electron chi connectivity index (χ2n) is 8.89. The van der Waals surface area contributed by atoms with E-state index in [2.05, 4.69) is 16.0 Å². The highest BCUT2D eigenvalue weighted by Gasteiger charge is 2.41. The molecule has 0 spiro atoms. The largest absolute Gasteiger partial charge is 0.390 e. The van der Waals surface area contributed by atoms with Crippen LogP contribution in [0, 0.1) is 11.6 Å². The first-order valence-corrected chi connectivity index (χ1v) is 11.3. The molecule has 0 radical (unpaired) electrons. The van der Waals surface area contributed by atoms with Crippen molar-refractivity contribution in [2.75, 3.05) is 19.8 Å². The Morgan fingerprint density at radius 3 is 2.38 bits per heavy atom. The van der Waals surface area contributed by atoms with Crippen LogP contribution in [0.2, 0.25) is 0 Å². The van der Waals surface area contributed by atoms with E-state index in [-0.39, 0.29) is 30.8 Å². The number of benzene rings is 1. The predicted octanol–water partition coefficient (Wildman–Crippen LogP) is 1.57. The molecule has 7 nitrogen and oxygen atoms in total. The van der Waals surface area contributed by atoms with Gasteiger partial charge in [-0.25, -0.2) is 8.78 Å². The van der Waals surface area contributed by atoms with Crippen molar-refractivity contribution in [3.63, 3.8) is 0 Å². The molecule has 32 heavy (non-hydrogen) atoms. The molecule has 0 bridgehead atoms. The number of carbonyl (C=O) groups excluding carboxylic acids is 2. The van der Waals surface area contributed by atoms with Crippen molar-refractivity contribution >= 4 is 11.8 Å². The summed E-state index contributed by atoms with van der Waals surface area (Å²) < 4.78 is 32.6. The highest BCUT2D eigenvalue weighted by atomic mass is 19.1. The highest BCUT2D eigenvalue weighted by Crippen LogP contribution is 2.24. The summed E-state index contributed by atoms with van der Waals surface area (Å²) in [4.78, 5) is 24.8. The minimum absolute atomic E-state index is 0.0286. The molecule has 1 aromatic carbocycles. The zero-order valence-electron chi connectivity index (χ0n) is 18.5. The summed E-state index contributed by atoms with van der Waals surface area (Å²) in [6.07, 6.45) is 4.05. The third-order valence-corrected chi connectivity index (χ3v) is 6.35. The van der Waals surface area contributed by atoms with E-state index >= 15 is 0 Å². The molecule has 2 aliphatic rings. The van der Waals surface area contributed by atoms with E-state index in [0.717, 1.165) is 31.7 Å². The summed E-state index contributed by atoms with van der Waals surface area (Å²) in [5, 5.41) is 19.9. The summed E-state index contributed by atoms with van der Waals surface area (Å²) in [6.45, 7) is 2.20. The number of rotatable bonds is 9. The van der Waals surface area contributed by atoms with Gasteiger partial charge < -0.3 is 25.8 Å². The molecule has 1 heterocycles. The Balaban J connectivity index is 1.67. The first-order chi connectivity index (χ1) is 15.3. The van der Waals surface area contributed by atoms with E-state index in [1.165, 1.54) is 19.1 Å². The van der Waals surface area contributed by atoms with E-state index in [0.29, 0.717) is 31.6 Å². The quantitative estimate of drug-likeness (QED) is 0.455. The number of carbonyl (C=O) groups is 2. The number of halogens is 2. The second-order valence-corrected chi connectivity index (χ2v) is 8.89. The standard InChI is InChI=1S/C23H33F2N3O4/c1-15(29)27-20(12-16-10-17(24)13-18(25)11-16)21(30)14-26-23(6-8-32-9-7-23)22(31)28-19-4-2-3-5-19/h10-11,13,19-21,26,30H,2-9,12,14H2,1H3,(H,27,29)(H,28,31)/t20-,21+/m0/s1. The number of aliphatic hydroxyl groups excluding tert-OH is 1. The molecular weight excluding hydrogens is 420 g/mol. The Labute approximate surface area is 187 Å². The molecule has 1 saturated heterocycles. The van der Waals surface area contributed by atoms with E-state index in [1.54, 1.807) is 0 Å². The lowest BCUT2D eigenvalue weighted by molar-refractivity contribution is -0.133. The van der Waals surface area contributed by atoms with Gasteiger partial charge >= 0.3 is 0 Å². The minimum atomic E-state index is -1.08. The predicted molar refractivity (Wildman–Crippen MR) is 115 cm³/mol. The fourth-order valence-corrected chi connectivity index (χ4v) is 4.57. The lowest BCUT2D eigenvalue weighted by Crippen LogP contribution is -2.63. The number of β-amino-alcohol motifs (C(OH)–C–C–N with tert-alkyl or cyclic N) is 1. The minimum Gasteiger partial charge on any atom is -0.390 e. The van der Waals surface area contributed by atoms with Crippen LogP contribution in [0.15, 0.2) is 18.2 Å². The number of aliphatic hydroxyl groups is 1. The molecule has 1 saturated carbocycles. The van der Waals surface area contributed by atoms with Crippen molar-refractivity contribution in [1.82, 2.24) is 16.0 Å². The Morgan fingerprint density at radius 2 is 1.78 bits per heavy atom. The molecule has 2 fully saturated rings. The smallest absolute Gasteiger partial charge is 0.240 e. The van der Waals surface area contributed by atoms with Gasteiger partial charge in [-0.15, -0.1) is 0 Å². The summed E-state index contributed by atoms with van der Waals surface area (Å²) in [5.74, 6) is -1.91. The molecule has 3 rings (SSSR count). The van der Waals surface area contributed by atoms with Crippen LogP contribution in [0.5, 0.6) is 0 Å². The normalized spacial score (nSPS) is 20.5. The molecule has 2 amide bonds. The van der Waals surface area contributed by atoms with Crippen LogP contribution in [0.25, 0.3) is 0 Å². The molecule has 4 N–H and O–H groups in total. The van der Waals surface area contributed by atoms with Crippen molar-refractivity contribution < 1.29 is 28.2 Å². The highest BCUT2D eigenvalue weighted by molar-refractivity contribution is 5.86. The molecule has 1 aromatic rings. The lowest BCUT2D eigenvalue weighted by Gasteiger charge is -2.38. The van der Waals surface area contributed by atoms with Crippen molar-refractivity contribution in [1.29, 1.82) is 0 Å². The van der Waals surface area contributed by atoms with Crippen LogP contribution in [-0.2, 0) is 20.7 Å². The van der Waals surface area contributed by atoms with Crippen molar-refractivity contribution in [2.24, 2.45) is 0 Å². The molecule has 1 aliphatic carbocycles. The summed E-state index contributed by atoms with van der Waals surface area (Å²) in [6, 6.07) is 2.51. The third-order valence-electron chi connectivity index (χ3n) is 6.35. The van der Waals surface area contributed by atoms with Gasteiger partial charge in [-0.2, -0.15) is 0 Å². The van der Waals surface area contributed by atoms with Gasteiger partial charge in [0.05, 0.1) is 12.1 Å². The zero-order chi connectivity index (χ0) is 23.1. The fourth-order valence-electron chi connectivity index (χ4n) is 4.57. The lowest BCUT2D eigenvalue weighted by atomic mass is 9.87. The van der Waals surface area contributed by atoms with Crippen LogP contribution in [0.3, 0.4) is 0 Å². The van der Waals surface area contributed by atoms with E-state index in [4.69, 9.17) is 4.74 Å². The summed E-state index contributed by atoms with van der Waals surface area (Å²) >= 11 is 0. The van der Waals surface area contributed by atoms with Gasteiger partial charge in [0.15, 0.2) is 0 Å². The van der Waals surface area contributed by atoms with Crippen LogP contribution < -0.4 is 16.0 Å². The van der Waals surface area contributed by atoms with Crippen LogP contribution in [-0.4, -0.2) is 60.4 Å². The van der Waals surface area contributed by atoms with Gasteiger partial charge in [0.25, 0.3) is 0 Å². The molecule has 2 atom stereocenters. The maximum absolute atomic E-state index is 13.6. The van der Waals surface area contributed by atoms with Gasteiger partial charge in [-0.05, 0) is 49.8 Å². The summed E-state index contributed by atoms with van der Waals surface area (Å²) in [5.41, 5.74) is -0.548. The van der Waals surface area contributed by atoms with E-state index < -0.39 is 29.3 Å². The molecular formula is C23H33F2N3O4. The Hall–Kier alpha value is -2.10. The molecule has 1 aliphatic heterocycles. The molecule has 9 heteroatoms. The van der Waals surface area contributed by atoms with Crippen molar-refractivity contribution in [3.05, 3.63) is 35.4 Å². The van der Waals surface area contributed by atoms with Crippen LogP contribution in [0.4, 0.5) is 8.78 Å². The number of amides is 2. The topological polar surface area (TPSA) is 99.7 Å². The fraction of sp³-hybridized carbons (Fsp3) is 0.652. The molecule has 178 valence electrons. The third kappa shape index (κ3) is 6.70. The average molecular weight is 454 g/mol. The first kappa shape index (κ1) is 24.5. The first-order valence-electron chi connectivity index (χ1n) is 11.3. The maximum atomic E-state index is 13.6. The molecule has 0 unspecified atom stereocenters. The van der Waals surface area contributed by atoms with Crippen LogP contribution >= 0.6 is 0 Å².